The lowest BCUT2D eigenvalue weighted by molar-refractivity contribution is -0.0983. The van der Waals surface area contributed by atoms with Gasteiger partial charge in [0.2, 0.25) is 0 Å². The summed E-state index contributed by atoms with van der Waals surface area (Å²) in [5.41, 5.74) is -0.417. The fourth-order valence-electron chi connectivity index (χ4n) is 2.44. The topological polar surface area (TPSA) is 62.2 Å². The van der Waals surface area contributed by atoms with Gasteiger partial charge in [-0.05, 0) is 50.9 Å². The normalized spacial score (nSPS) is 17.1. The van der Waals surface area contributed by atoms with Crippen LogP contribution in [0.3, 0.4) is 0 Å². The number of aliphatic hydroxyl groups is 1. The highest BCUT2D eigenvalue weighted by atomic mass is 35.5. The van der Waals surface area contributed by atoms with Gasteiger partial charge < -0.3 is 19.5 Å². The van der Waals surface area contributed by atoms with Gasteiger partial charge in [-0.3, -0.25) is 4.90 Å². The highest BCUT2D eigenvalue weighted by Crippen LogP contribution is 2.25. The molecule has 1 aliphatic heterocycles. The van der Waals surface area contributed by atoms with E-state index in [0.717, 1.165) is 18.7 Å². The van der Waals surface area contributed by atoms with E-state index in [1.54, 1.807) is 39.8 Å². The molecule has 1 aliphatic rings. The lowest BCUT2D eigenvalue weighted by atomic mass is 9.74. The van der Waals surface area contributed by atoms with Gasteiger partial charge in [0.25, 0.3) is 0 Å². The quantitative estimate of drug-likeness (QED) is 0.756. The van der Waals surface area contributed by atoms with Gasteiger partial charge in [-0.2, -0.15) is 0 Å². The van der Waals surface area contributed by atoms with Gasteiger partial charge in [0.15, 0.2) is 0 Å². The van der Waals surface area contributed by atoms with Crippen molar-refractivity contribution in [2.45, 2.75) is 45.4 Å². The lowest BCUT2D eigenvalue weighted by Gasteiger charge is -2.38. The predicted octanol–water partition coefficient (Wildman–Crippen LogP) is 1.43. The van der Waals surface area contributed by atoms with Crippen LogP contribution in [0.25, 0.3) is 0 Å². The Morgan fingerprint density at radius 1 is 1.25 bits per heavy atom. The first-order chi connectivity index (χ1) is 11.1. The van der Waals surface area contributed by atoms with Gasteiger partial charge >= 0.3 is 7.12 Å². The van der Waals surface area contributed by atoms with Gasteiger partial charge in [-0.25, -0.2) is 0 Å². The van der Waals surface area contributed by atoms with Gasteiger partial charge in [-0.1, -0.05) is 17.7 Å². The van der Waals surface area contributed by atoms with Crippen molar-refractivity contribution in [3.8, 4) is 0 Å². The van der Waals surface area contributed by atoms with E-state index in [1.165, 1.54) is 0 Å². The second kappa shape index (κ2) is 7.73. The maximum absolute atomic E-state index is 10.6. The smallest absolute Gasteiger partial charge is 0.423 e. The molecule has 134 valence electrons. The molecule has 0 saturated carbocycles. The van der Waals surface area contributed by atoms with Crippen molar-refractivity contribution in [1.29, 1.82) is 0 Å². The van der Waals surface area contributed by atoms with Crippen LogP contribution in [0.1, 0.15) is 33.3 Å². The van der Waals surface area contributed by atoms with Crippen molar-refractivity contribution < 1.29 is 19.5 Å². The van der Waals surface area contributed by atoms with Gasteiger partial charge in [-0.15, -0.1) is 0 Å². The molecule has 0 unspecified atom stereocenters. The molecule has 7 heteroatoms. The Morgan fingerprint density at radius 3 is 2.46 bits per heavy atom. The first kappa shape index (κ1) is 19.7. The Morgan fingerprint density at radius 2 is 1.88 bits per heavy atom. The molecule has 1 saturated heterocycles. The summed E-state index contributed by atoms with van der Waals surface area (Å²) in [6.45, 7) is 10.6. The molecular formula is C17H27BClNO4. The van der Waals surface area contributed by atoms with Crippen molar-refractivity contribution in [3.63, 3.8) is 0 Å². The monoisotopic (exact) mass is 355 g/mol. The Bertz CT molecular complexity index is 556. The van der Waals surface area contributed by atoms with Crippen LogP contribution in [0.2, 0.25) is 5.02 Å². The molecule has 2 rings (SSSR count). The number of hydrogen-bond donors (Lipinski definition) is 2. The second-order valence-electron chi connectivity index (χ2n) is 7.27. The summed E-state index contributed by atoms with van der Waals surface area (Å²) in [5, 5.41) is 21.5. The molecule has 0 atom stereocenters. The van der Waals surface area contributed by atoms with Crippen molar-refractivity contribution in [1.82, 2.24) is 4.90 Å². The Hall–Kier alpha value is -0.625. The minimum Gasteiger partial charge on any atom is -0.423 e. The van der Waals surface area contributed by atoms with E-state index in [-0.39, 0.29) is 0 Å². The molecule has 0 bridgehead atoms. The Labute approximate surface area is 149 Å². The van der Waals surface area contributed by atoms with Crippen molar-refractivity contribution >= 4 is 24.2 Å². The third-order valence-corrected chi connectivity index (χ3v) is 4.98. The van der Waals surface area contributed by atoms with E-state index < -0.39 is 18.3 Å². The minimum atomic E-state index is -1.14. The van der Waals surface area contributed by atoms with Crippen LogP contribution in [0.4, 0.5) is 0 Å². The lowest BCUT2D eigenvalue weighted by Crippen LogP contribution is -2.53. The molecule has 1 aromatic carbocycles. The molecule has 1 fully saturated rings. The molecular weight excluding hydrogens is 328 g/mol. The third-order valence-electron chi connectivity index (χ3n) is 4.75. The highest BCUT2D eigenvalue weighted by molar-refractivity contribution is 6.60. The molecule has 0 spiro atoms. The summed E-state index contributed by atoms with van der Waals surface area (Å²) in [6.07, 6.45) is 0. The van der Waals surface area contributed by atoms with E-state index in [4.69, 9.17) is 21.0 Å². The maximum Gasteiger partial charge on any atom is 0.491 e. The van der Waals surface area contributed by atoms with E-state index in [1.807, 2.05) is 6.07 Å². The summed E-state index contributed by atoms with van der Waals surface area (Å²) >= 11 is 6.14. The largest absolute Gasteiger partial charge is 0.491 e. The number of hydrogen-bond acceptors (Lipinski definition) is 5. The molecule has 0 amide bonds. The van der Waals surface area contributed by atoms with Crippen LogP contribution < -0.4 is 5.46 Å². The summed E-state index contributed by atoms with van der Waals surface area (Å²) in [4.78, 5) is 2.26. The average molecular weight is 356 g/mol. The van der Waals surface area contributed by atoms with E-state index in [2.05, 4.69) is 4.90 Å². The summed E-state index contributed by atoms with van der Waals surface area (Å²) in [5.74, 6) is 0. The van der Waals surface area contributed by atoms with Crippen LogP contribution in [0.5, 0.6) is 0 Å². The number of ether oxygens (including phenoxy) is 1. The SMILES string of the molecule is CC(C)(O)C(C)(C)OB(O)c1ccc(Cl)cc1CN1CCOCC1. The maximum atomic E-state index is 10.6. The number of nitrogens with zero attached hydrogens (tertiary/aromatic N) is 1. The fraction of sp³-hybridized carbons (Fsp3) is 0.647. The highest BCUT2D eigenvalue weighted by Gasteiger charge is 2.40. The van der Waals surface area contributed by atoms with Gasteiger partial charge in [0.1, 0.15) is 0 Å². The van der Waals surface area contributed by atoms with Crippen LogP contribution in [-0.4, -0.2) is 59.7 Å². The first-order valence-corrected chi connectivity index (χ1v) is 8.64. The summed E-state index contributed by atoms with van der Waals surface area (Å²) < 4.78 is 11.1. The zero-order valence-corrected chi connectivity index (χ0v) is 15.6. The standard InChI is InChI=1S/C17H27BClNO4/c1-16(2,21)17(3,4)24-18(22)15-6-5-14(19)11-13(15)12-20-7-9-23-10-8-20/h5-6,11,21-22H,7-10,12H2,1-4H3. The van der Waals surface area contributed by atoms with Crippen molar-refractivity contribution in [2.75, 3.05) is 26.3 Å². The number of halogens is 1. The van der Waals surface area contributed by atoms with Crippen LogP contribution in [-0.2, 0) is 15.9 Å². The Kier molecular flexibility index (Phi) is 6.34. The van der Waals surface area contributed by atoms with E-state index in [0.29, 0.717) is 30.2 Å². The van der Waals surface area contributed by atoms with Crippen molar-refractivity contribution in [3.05, 3.63) is 28.8 Å². The number of morpholine rings is 1. The molecule has 1 aromatic rings. The number of benzene rings is 1. The summed E-state index contributed by atoms with van der Waals surface area (Å²) in [6, 6.07) is 5.38. The molecule has 0 aromatic heterocycles. The van der Waals surface area contributed by atoms with E-state index >= 15 is 0 Å². The van der Waals surface area contributed by atoms with Crippen LogP contribution in [0.15, 0.2) is 18.2 Å². The van der Waals surface area contributed by atoms with Crippen LogP contribution in [0, 0.1) is 0 Å². The molecule has 5 nitrogen and oxygen atoms in total. The zero-order valence-electron chi connectivity index (χ0n) is 14.9. The Balaban J connectivity index is 2.19. The molecule has 1 heterocycles. The predicted molar refractivity (Wildman–Crippen MR) is 96.6 cm³/mol. The average Bonchev–Trinajstić information content (AvgIpc) is 2.46. The fourth-order valence-corrected chi connectivity index (χ4v) is 2.63. The van der Waals surface area contributed by atoms with Gasteiger partial charge in [0, 0.05) is 24.7 Å². The minimum absolute atomic E-state index is 0.621. The molecule has 24 heavy (non-hydrogen) atoms. The molecule has 2 N–H and O–H groups in total. The molecule has 0 radical (unpaired) electrons. The zero-order chi connectivity index (χ0) is 18.0. The number of rotatable bonds is 6. The third kappa shape index (κ3) is 4.94. The van der Waals surface area contributed by atoms with Crippen molar-refractivity contribution in [2.24, 2.45) is 0 Å². The first-order valence-electron chi connectivity index (χ1n) is 8.27. The van der Waals surface area contributed by atoms with Crippen LogP contribution >= 0.6 is 11.6 Å². The summed E-state index contributed by atoms with van der Waals surface area (Å²) in [7, 11) is -1.14. The molecule has 0 aliphatic carbocycles. The van der Waals surface area contributed by atoms with Gasteiger partial charge in [0.05, 0.1) is 24.4 Å². The second-order valence-corrected chi connectivity index (χ2v) is 7.71. The van der Waals surface area contributed by atoms with E-state index in [9.17, 15) is 10.1 Å².